The minimum atomic E-state index is -3.77. The van der Waals surface area contributed by atoms with E-state index in [0.717, 1.165) is 4.31 Å². The van der Waals surface area contributed by atoms with Crippen LogP contribution in [-0.2, 0) is 26.1 Å². The lowest BCUT2D eigenvalue weighted by Gasteiger charge is -2.30. The quantitative estimate of drug-likeness (QED) is 0.358. The summed E-state index contributed by atoms with van der Waals surface area (Å²) in [6, 6.07) is 10.3. The monoisotopic (exact) mass is 449 g/mol. The van der Waals surface area contributed by atoms with E-state index in [-0.39, 0.29) is 28.3 Å². The number of carbonyl (C=O) groups is 1. The third kappa shape index (κ3) is 5.01. The number of ether oxygens (including phenoxy) is 2. The fourth-order valence-corrected chi connectivity index (χ4v) is 4.09. The van der Waals surface area contributed by atoms with Crippen molar-refractivity contribution in [3.63, 3.8) is 0 Å². The van der Waals surface area contributed by atoms with Gasteiger partial charge in [-0.15, -0.1) is 0 Å². The van der Waals surface area contributed by atoms with Gasteiger partial charge in [-0.1, -0.05) is 12.1 Å². The van der Waals surface area contributed by atoms with Crippen LogP contribution in [0.4, 0.5) is 11.4 Å². The first-order chi connectivity index (χ1) is 14.7. The van der Waals surface area contributed by atoms with Crippen molar-refractivity contribution in [1.29, 1.82) is 0 Å². The van der Waals surface area contributed by atoms with Crippen LogP contribution in [-0.4, -0.2) is 64.0 Å². The first-order valence-electron chi connectivity index (χ1n) is 9.50. The number of hydrogen-bond acceptors (Lipinski definition) is 8. The predicted molar refractivity (Wildman–Crippen MR) is 113 cm³/mol. The van der Waals surface area contributed by atoms with E-state index in [4.69, 9.17) is 9.47 Å². The molecule has 1 fully saturated rings. The van der Waals surface area contributed by atoms with E-state index in [1.807, 2.05) is 4.90 Å². The third-order valence-electron chi connectivity index (χ3n) is 4.87. The van der Waals surface area contributed by atoms with Crippen molar-refractivity contribution < 1.29 is 27.6 Å². The smallest absolute Gasteiger partial charge is 0.340 e. The SMILES string of the molecule is CN(C)S(=O)(=O)c1ccc(N2CCOCC2)c(C(=O)OCc2ccccc2[N+](=O)[O-])c1. The molecule has 166 valence electrons. The molecule has 3 rings (SSSR count). The predicted octanol–water partition coefficient (Wildman–Crippen LogP) is 2.04. The molecule has 0 aromatic heterocycles. The molecule has 1 aliphatic rings. The average molecular weight is 449 g/mol. The Bertz CT molecular complexity index is 1080. The normalized spacial score (nSPS) is 14.5. The number of para-hydroxylation sites is 1. The maximum Gasteiger partial charge on any atom is 0.340 e. The molecule has 0 aliphatic carbocycles. The first-order valence-corrected chi connectivity index (χ1v) is 10.9. The molecule has 0 atom stereocenters. The number of benzene rings is 2. The topological polar surface area (TPSA) is 119 Å². The second kappa shape index (κ2) is 9.41. The lowest BCUT2D eigenvalue weighted by Crippen LogP contribution is -2.37. The molecule has 0 spiro atoms. The van der Waals surface area contributed by atoms with Gasteiger partial charge in [0.05, 0.1) is 39.8 Å². The van der Waals surface area contributed by atoms with Crippen LogP contribution in [0.15, 0.2) is 47.4 Å². The van der Waals surface area contributed by atoms with Gasteiger partial charge in [-0.25, -0.2) is 17.5 Å². The fraction of sp³-hybridized carbons (Fsp3) is 0.350. The number of nitro groups is 1. The summed E-state index contributed by atoms with van der Waals surface area (Å²) in [6.45, 7) is 1.70. The van der Waals surface area contributed by atoms with Crippen LogP contribution in [0, 0.1) is 10.1 Å². The maximum absolute atomic E-state index is 13.0. The Morgan fingerprint density at radius 3 is 2.52 bits per heavy atom. The van der Waals surface area contributed by atoms with Crippen LogP contribution in [0.5, 0.6) is 0 Å². The number of hydrogen-bond donors (Lipinski definition) is 0. The van der Waals surface area contributed by atoms with E-state index >= 15 is 0 Å². The summed E-state index contributed by atoms with van der Waals surface area (Å²) < 4.78 is 36.9. The van der Waals surface area contributed by atoms with E-state index in [1.165, 1.54) is 44.4 Å². The van der Waals surface area contributed by atoms with Crippen molar-refractivity contribution in [2.24, 2.45) is 0 Å². The fourth-order valence-electron chi connectivity index (χ4n) is 3.16. The molecule has 0 bridgehead atoms. The summed E-state index contributed by atoms with van der Waals surface area (Å²) in [5.41, 5.74) is 0.676. The van der Waals surface area contributed by atoms with Gasteiger partial charge in [-0.05, 0) is 24.3 Å². The maximum atomic E-state index is 13.0. The van der Waals surface area contributed by atoms with E-state index < -0.39 is 20.9 Å². The molecule has 31 heavy (non-hydrogen) atoms. The molecule has 0 radical (unpaired) electrons. The number of esters is 1. The summed E-state index contributed by atoms with van der Waals surface area (Å²) in [4.78, 5) is 25.5. The second-order valence-electron chi connectivity index (χ2n) is 7.03. The van der Waals surface area contributed by atoms with Gasteiger partial charge in [-0.2, -0.15) is 0 Å². The first kappa shape index (κ1) is 22.7. The minimum Gasteiger partial charge on any atom is -0.457 e. The van der Waals surface area contributed by atoms with Crippen molar-refractivity contribution in [2.45, 2.75) is 11.5 Å². The minimum absolute atomic E-state index is 0.0489. The van der Waals surface area contributed by atoms with Gasteiger partial charge in [0.2, 0.25) is 10.0 Å². The van der Waals surface area contributed by atoms with Crippen LogP contribution in [0.25, 0.3) is 0 Å². The number of nitrogens with zero attached hydrogens (tertiary/aromatic N) is 3. The Morgan fingerprint density at radius 2 is 1.87 bits per heavy atom. The Kier molecular flexibility index (Phi) is 6.88. The van der Waals surface area contributed by atoms with Gasteiger partial charge < -0.3 is 14.4 Å². The van der Waals surface area contributed by atoms with Gasteiger partial charge in [0.15, 0.2) is 0 Å². The molecule has 2 aromatic carbocycles. The molecule has 0 saturated carbocycles. The lowest BCUT2D eigenvalue weighted by atomic mass is 10.1. The van der Waals surface area contributed by atoms with E-state index in [1.54, 1.807) is 12.1 Å². The summed E-state index contributed by atoms with van der Waals surface area (Å²) in [5, 5.41) is 11.2. The molecule has 0 amide bonds. The van der Waals surface area contributed by atoms with E-state index in [0.29, 0.717) is 32.0 Å². The highest BCUT2D eigenvalue weighted by molar-refractivity contribution is 7.89. The van der Waals surface area contributed by atoms with Gasteiger partial charge in [-0.3, -0.25) is 10.1 Å². The van der Waals surface area contributed by atoms with E-state index in [2.05, 4.69) is 0 Å². The number of sulfonamides is 1. The molecule has 10 nitrogen and oxygen atoms in total. The van der Waals surface area contributed by atoms with Crippen LogP contribution in [0.3, 0.4) is 0 Å². The number of carbonyl (C=O) groups excluding carboxylic acids is 1. The Labute approximate surface area is 180 Å². The molecule has 1 heterocycles. The highest BCUT2D eigenvalue weighted by Crippen LogP contribution is 2.28. The highest BCUT2D eigenvalue weighted by atomic mass is 32.2. The van der Waals surface area contributed by atoms with Crippen molar-refractivity contribution in [3.8, 4) is 0 Å². The second-order valence-corrected chi connectivity index (χ2v) is 9.18. The zero-order chi connectivity index (χ0) is 22.6. The van der Waals surface area contributed by atoms with Gasteiger partial charge >= 0.3 is 5.97 Å². The summed E-state index contributed by atoms with van der Waals surface area (Å²) >= 11 is 0. The number of anilines is 1. The summed E-state index contributed by atoms with van der Waals surface area (Å²) in [6.07, 6.45) is 0. The van der Waals surface area contributed by atoms with E-state index in [9.17, 15) is 23.3 Å². The lowest BCUT2D eigenvalue weighted by molar-refractivity contribution is -0.385. The van der Waals surface area contributed by atoms with Crippen LogP contribution >= 0.6 is 0 Å². The largest absolute Gasteiger partial charge is 0.457 e. The molecule has 11 heteroatoms. The standard InChI is InChI=1S/C20H23N3O7S/c1-21(2)31(27,28)16-7-8-19(22-9-11-29-12-10-22)17(13-16)20(24)30-14-15-5-3-4-6-18(15)23(25)26/h3-8,13H,9-12,14H2,1-2H3. The van der Waals surface area contributed by atoms with Gasteiger partial charge in [0.1, 0.15) is 6.61 Å². The molecule has 1 aliphatic heterocycles. The Morgan fingerprint density at radius 1 is 1.19 bits per heavy atom. The Balaban J connectivity index is 1.94. The zero-order valence-electron chi connectivity index (χ0n) is 17.2. The summed E-state index contributed by atoms with van der Waals surface area (Å²) in [5.74, 6) is -0.768. The van der Waals surface area contributed by atoms with Crippen molar-refractivity contribution in [3.05, 3.63) is 63.7 Å². The van der Waals surface area contributed by atoms with Crippen molar-refractivity contribution in [1.82, 2.24) is 4.31 Å². The molecule has 2 aromatic rings. The van der Waals surface area contributed by atoms with Crippen LogP contribution in [0.2, 0.25) is 0 Å². The molecular formula is C20H23N3O7S. The van der Waals surface area contributed by atoms with Crippen molar-refractivity contribution >= 4 is 27.4 Å². The van der Waals surface area contributed by atoms with Gasteiger partial charge in [0.25, 0.3) is 5.69 Å². The van der Waals surface area contributed by atoms with Crippen LogP contribution < -0.4 is 4.90 Å². The van der Waals surface area contributed by atoms with Crippen molar-refractivity contribution in [2.75, 3.05) is 45.3 Å². The molecule has 0 unspecified atom stereocenters. The Hall–Kier alpha value is -3.02. The molecule has 1 saturated heterocycles. The molecule has 0 N–H and O–H groups in total. The van der Waals surface area contributed by atoms with Crippen LogP contribution in [0.1, 0.15) is 15.9 Å². The third-order valence-corrected chi connectivity index (χ3v) is 6.68. The summed E-state index contributed by atoms with van der Waals surface area (Å²) in [7, 11) is -0.971. The number of morpholine rings is 1. The zero-order valence-corrected chi connectivity index (χ0v) is 18.0. The van der Waals surface area contributed by atoms with Gasteiger partial charge in [0, 0.05) is 33.3 Å². The number of rotatable bonds is 7. The number of nitro benzene ring substituents is 1. The average Bonchev–Trinajstić information content (AvgIpc) is 2.77. The molecular weight excluding hydrogens is 426 g/mol. The highest BCUT2D eigenvalue weighted by Gasteiger charge is 2.25.